The second-order valence-corrected chi connectivity index (χ2v) is 5.31. The van der Waals surface area contributed by atoms with Crippen LogP contribution in [0.2, 0.25) is 0 Å². The van der Waals surface area contributed by atoms with Crippen LogP contribution in [-0.2, 0) is 12.8 Å². The Balaban J connectivity index is 2.14. The van der Waals surface area contributed by atoms with Gasteiger partial charge in [0.15, 0.2) is 0 Å². The van der Waals surface area contributed by atoms with Crippen molar-refractivity contribution in [1.82, 2.24) is 0 Å². The van der Waals surface area contributed by atoms with Gasteiger partial charge in [-0.1, -0.05) is 41.5 Å². The molecule has 0 heterocycles. The van der Waals surface area contributed by atoms with E-state index in [1.54, 1.807) is 7.11 Å². The van der Waals surface area contributed by atoms with Crippen molar-refractivity contribution < 1.29 is 4.74 Å². The van der Waals surface area contributed by atoms with Crippen molar-refractivity contribution in [2.24, 2.45) is 0 Å². The number of benzene rings is 2. The van der Waals surface area contributed by atoms with Gasteiger partial charge in [-0.3, -0.25) is 0 Å². The fraction of sp³-hybridized carbons (Fsp3) is 0.333. The predicted molar refractivity (Wildman–Crippen MR) is 81.1 cm³/mol. The number of methoxy groups -OCH3 is 1. The number of ether oxygens (including phenoxy) is 1. The largest absolute Gasteiger partial charge is 0.496 e. The molecule has 0 aliphatic heterocycles. The van der Waals surface area contributed by atoms with Crippen LogP contribution in [0.1, 0.15) is 27.8 Å². The van der Waals surface area contributed by atoms with E-state index >= 15 is 0 Å². The molecule has 0 spiro atoms. The zero-order valence-electron chi connectivity index (χ0n) is 12.3. The molecule has 2 rings (SSSR count). The van der Waals surface area contributed by atoms with Gasteiger partial charge >= 0.3 is 0 Å². The quantitative estimate of drug-likeness (QED) is 0.785. The van der Waals surface area contributed by atoms with Gasteiger partial charge in [-0.25, -0.2) is 0 Å². The minimum Gasteiger partial charge on any atom is -0.496 e. The highest BCUT2D eigenvalue weighted by atomic mass is 16.5. The number of hydrogen-bond donors (Lipinski definition) is 0. The topological polar surface area (TPSA) is 9.23 Å². The Morgan fingerprint density at radius 1 is 0.789 bits per heavy atom. The molecule has 2 aromatic carbocycles. The van der Waals surface area contributed by atoms with Crippen LogP contribution in [0.25, 0.3) is 0 Å². The molecule has 0 saturated carbocycles. The fourth-order valence-corrected chi connectivity index (χ4v) is 2.55. The second-order valence-electron chi connectivity index (χ2n) is 5.31. The van der Waals surface area contributed by atoms with Crippen molar-refractivity contribution in [2.45, 2.75) is 33.6 Å². The summed E-state index contributed by atoms with van der Waals surface area (Å²) in [6.07, 6.45) is 2.08. The standard InChI is InChI=1S/C18H22O/c1-13-5-7-17(18(12-13)19-4)8-6-16-10-14(2)9-15(3)11-16/h5,7,9-12H,6,8H2,1-4H3. The smallest absolute Gasteiger partial charge is 0.122 e. The van der Waals surface area contributed by atoms with Crippen molar-refractivity contribution in [3.8, 4) is 5.75 Å². The molecule has 19 heavy (non-hydrogen) atoms. The van der Waals surface area contributed by atoms with Crippen LogP contribution < -0.4 is 4.74 Å². The van der Waals surface area contributed by atoms with Gasteiger partial charge in [-0.15, -0.1) is 0 Å². The molecule has 0 atom stereocenters. The van der Waals surface area contributed by atoms with E-state index in [4.69, 9.17) is 4.74 Å². The van der Waals surface area contributed by atoms with Crippen LogP contribution in [-0.4, -0.2) is 7.11 Å². The summed E-state index contributed by atoms with van der Waals surface area (Å²) in [6, 6.07) is 13.2. The lowest BCUT2D eigenvalue weighted by atomic mass is 9.99. The molecule has 100 valence electrons. The third-order valence-electron chi connectivity index (χ3n) is 3.41. The van der Waals surface area contributed by atoms with Gasteiger partial charge in [0.25, 0.3) is 0 Å². The van der Waals surface area contributed by atoms with Crippen molar-refractivity contribution >= 4 is 0 Å². The van der Waals surface area contributed by atoms with Gasteiger partial charge in [-0.2, -0.15) is 0 Å². The Kier molecular flexibility index (Phi) is 4.26. The lowest BCUT2D eigenvalue weighted by Crippen LogP contribution is -1.97. The Morgan fingerprint density at radius 3 is 2.11 bits per heavy atom. The molecule has 0 aliphatic rings. The summed E-state index contributed by atoms with van der Waals surface area (Å²) in [6.45, 7) is 6.40. The monoisotopic (exact) mass is 254 g/mol. The average Bonchev–Trinajstić information content (AvgIpc) is 2.36. The first kappa shape index (κ1) is 13.7. The summed E-state index contributed by atoms with van der Waals surface area (Å²) >= 11 is 0. The van der Waals surface area contributed by atoms with Gasteiger partial charge in [0.2, 0.25) is 0 Å². The minimum atomic E-state index is 1.00. The molecule has 0 N–H and O–H groups in total. The van der Waals surface area contributed by atoms with Crippen molar-refractivity contribution in [3.05, 3.63) is 64.2 Å². The summed E-state index contributed by atoms with van der Waals surface area (Å²) in [5, 5.41) is 0. The molecular weight excluding hydrogens is 232 g/mol. The average molecular weight is 254 g/mol. The molecule has 0 saturated heterocycles. The first-order valence-corrected chi connectivity index (χ1v) is 6.79. The molecule has 0 fully saturated rings. The van der Waals surface area contributed by atoms with E-state index < -0.39 is 0 Å². The molecule has 1 heteroatoms. The van der Waals surface area contributed by atoms with Gasteiger partial charge in [0.05, 0.1) is 7.11 Å². The summed E-state index contributed by atoms with van der Waals surface area (Å²) in [5.41, 5.74) is 6.61. The van der Waals surface area contributed by atoms with Crippen LogP contribution >= 0.6 is 0 Å². The van der Waals surface area contributed by atoms with Gasteiger partial charge < -0.3 is 4.74 Å². The number of aryl methyl sites for hydroxylation is 5. The summed E-state index contributed by atoms with van der Waals surface area (Å²) in [4.78, 5) is 0. The third-order valence-corrected chi connectivity index (χ3v) is 3.41. The fourth-order valence-electron chi connectivity index (χ4n) is 2.55. The molecule has 0 radical (unpaired) electrons. The Labute approximate surface area is 116 Å². The maximum Gasteiger partial charge on any atom is 0.122 e. The molecule has 0 bridgehead atoms. The van der Waals surface area contributed by atoms with E-state index in [0.29, 0.717) is 0 Å². The first-order valence-electron chi connectivity index (χ1n) is 6.79. The van der Waals surface area contributed by atoms with E-state index in [-0.39, 0.29) is 0 Å². The lowest BCUT2D eigenvalue weighted by Gasteiger charge is -2.10. The highest BCUT2D eigenvalue weighted by Gasteiger charge is 2.04. The molecule has 0 amide bonds. The van der Waals surface area contributed by atoms with Gasteiger partial charge in [0, 0.05) is 0 Å². The zero-order valence-corrected chi connectivity index (χ0v) is 12.3. The summed E-state index contributed by atoms with van der Waals surface area (Å²) < 4.78 is 5.46. The molecule has 1 nitrogen and oxygen atoms in total. The van der Waals surface area contributed by atoms with Crippen molar-refractivity contribution in [2.75, 3.05) is 7.11 Å². The molecule has 0 unspecified atom stereocenters. The summed E-state index contributed by atoms with van der Waals surface area (Å²) in [5.74, 6) is 1.00. The second kappa shape index (κ2) is 5.92. The van der Waals surface area contributed by atoms with Gasteiger partial charge in [-0.05, 0) is 56.4 Å². The lowest BCUT2D eigenvalue weighted by molar-refractivity contribution is 0.409. The van der Waals surface area contributed by atoms with Crippen LogP contribution in [0.3, 0.4) is 0 Å². The van der Waals surface area contributed by atoms with Gasteiger partial charge in [0.1, 0.15) is 5.75 Å². The first-order chi connectivity index (χ1) is 9.08. The van der Waals surface area contributed by atoms with E-state index in [1.165, 1.54) is 27.8 Å². The molecule has 0 aromatic heterocycles. The molecule has 0 aliphatic carbocycles. The van der Waals surface area contributed by atoms with Crippen LogP contribution in [0, 0.1) is 20.8 Å². The van der Waals surface area contributed by atoms with Crippen LogP contribution in [0.5, 0.6) is 5.75 Å². The van der Waals surface area contributed by atoms with E-state index in [9.17, 15) is 0 Å². The van der Waals surface area contributed by atoms with E-state index in [1.807, 2.05) is 0 Å². The zero-order chi connectivity index (χ0) is 13.8. The van der Waals surface area contributed by atoms with Crippen LogP contribution in [0.4, 0.5) is 0 Å². The number of hydrogen-bond acceptors (Lipinski definition) is 1. The normalized spacial score (nSPS) is 10.5. The van der Waals surface area contributed by atoms with E-state index in [0.717, 1.165) is 18.6 Å². The van der Waals surface area contributed by atoms with E-state index in [2.05, 4.69) is 57.2 Å². The van der Waals surface area contributed by atoms with Crippen molar-refractivity contribution in [1.29, 1.82) is 0 Å². The highest BCUT2D eigenvalue weighted by molar-refractivity contribution is 5.38. The van der Waals surface area contributed by atoms with Crippen molar-refractivity contribution in [3.63, 3.8) is 0 Å². The Bertz CT molecular complexity index is 550. The Morgan fingerprint density at radius 2 is 1.47 bits per heavy atom. The third kappa shape index (κ3) is 3.60. The molecule has 2 aromatic rings. The number of rotatable bonds is 4. The maximum atomic E-state index is 5.46. The predicted octanol–water partition coefficient (Wildman–Crippen LogP) is 4.41. The summed E-state index contributed by atoms with van der Waals surface area (Å²) in [7, 11) is 1.75. The van der Waals surface area contributed by atoms with Crippen LogP contribution in [0.15, 0.2) is 36.4 Å². The molecular formula is C18H22O. The minimum absolute atomic E-state index is 1.00. The Hall–Kier alpha value is -1.76. The SMILES string of the molecule is COc1cc(C)ccc1CCc1cc(C)cc(C)c1. The maximum absolute atomic E-state index is 5.46. The highest BCUT2D eigenvalue weighted by Crippen LogP contribution is 2.22.